The van der Waals surface area contributed by atoms with Crippen LogP contribution in [0.15, 0.2) is 60.8 Å². The summed E-state index contributed by atoms with van der Waals surface area (Å²) in [4.78, 5) is 20.5. The summed E-state index contributed by atoms with van der Waals surface area (Å²) in [6.45, 7) is 5.09. The number of hydrogen-bond donors (Lipinski definition) is 1. The fraction of sp³-hybridized carbons (Fsp3) is 0.360. The Kier molecular flexibility index (Phi) is 5.74. The molecule has 0 spiro atoms. The van der Waals surface area contributed by atoms with Crippen LogP contribution in [-0.2, 0) is 6.61 Å². The lowest BCUT2D eigenvalue weighted by Gasteiger charge is -2.49. The van der Waals surface area contributed by atoms with Crippen molar-refractivity contribution in [2.45, 2.75) is 38.5 Å². The molecule has 160 valence electrons. The zero-order valence-corrected chi connectivity index (χ0v) is 18.5. The summed E-state index contributed by atoms with van der Waals surface area (Å²) in [6.07, 6.45) is 4.06. The van der Waals surface area contributed by atoms with E-state index in [9.17, 15) is 4.79 Å². The van der Waals surface area contributed by atoms with Gasteiger partial charge in [-0.05, 0) is 68.6 Å². The third-order valence-electron chi connectivity index (χ3n) is 6.55. The predicted octanol–water partition coefficient (Wildman–Crippen LogP) is 4.60. The fourth-order valence-electron chi connectivity index (χ4n) is 4.71. The zero-order valence-electron chi connectivity index (χ0n) is 17.7. The van der Waals surface area contributed by atoms with Gasteiger partial charge in [0.05, 0.1) is 6.20 Å². The van der Waals surface area contributed by atoms with Crippen molar-refractivity contribution < 1.29 is 9.53 Å². The number of rotatable bonds is 6. The van der Waals surface area contributed by atoms with Gasteiger partial charge < -0.3 is 10.1 Å². The second kappa shape index (κ2) is 8.81. The molecular weight excluding hydrogens is 406 g/mol. The van der Waals surface area contributed by atoms with Crippen LogP contribution >= 0.6 is 11.3 Å². The monoisotopic (exact) mass is 433 g/mol. The van der Waals surface area contributed by atoms with Crippen LogP contribution < -0.4 is 10.1 Å². The van der Waals surface area contributed by atoms with Crippen molar-refractivity contribution in [3.8, 4) is 16.3 Å². The van der Waals surface area contributed by atoms with Crippen LogP contribution in [0.25, 0.3) is 10.6 Å². The van der Waals surface area contributed by atoms with E-state index in [-0.39, 0.29) is 11.9 Å². The molecule has 0 aliphatic carbocycles. The van der Waals surface area contributed by atoms with E-state index in [1.54, 1.807) is 6.20 Å². The minimum absolute atomic E-state index is 0.00263. The van der Waals surface area contributed by atoms with Gasteiger partial charge in [-0.3, -0.25) is 9.69 Å². The van der Waals surface area contributed by atoms with E-state index in [1.165, 1.54) is 24.2 Å². The highest BCUT2D eigenvalue weighted by atomic mass is 32.1. The molecule has 3 fully saturated rings. The molecule has 3 aliphatic rings. The summed E-state index contributed by atoms with van der Waals surface area (Å²) < 4.78 is 5.86. The van der Waals surface area contributed by atoms with Gasteiger partial charge in [0.15, 0.2) is 0 Å². The number of benzene rings is 2. The fourth-order valence-corrected chi connectivity index (χ4v) is 5.54. The van der Waals surface area contributed by atoms with Crippen LogP contribution in [0.4, 0.5) is 0 Å². The lowest BCUT2D eigenvalue weighted by molar-refractivity contribution is 0.0218. The number of nitrogens with one attached hydrogen (secondary N) is 1. The molecule has 31 heavy (non-hydrogen) atoms. The van der Waals surface area contributed by atoms with Gasteiger partial charge in [-0.1, -0.05) is 30.3 Å². The normalized spacial score (nSPS) is 24.7. The molecule has 0 saturated carbocycles. The van der Waals surface area contributed by atoms with Gasteiger partial charge in [0.1, 0.15) is 22.2 Å². The lowest BCUT2D eigenvalue weighted by Crippen LogP contribution is -2.62. The highest BCUT2D eigenvalue weighted by Gasteiger charge is 2.40. The van der Waals surface area contributed by atoms with Crippen LogP contribution in [-0.4, -0.2) is 41.0 Å². The van der Waals surface area contributed by atoms with Crippen molar-refractivity contribution >= 4 is 17.2 Å². The summed E-state index contributed by atoms with van der Waals surface area (Å²) in [6, 6.07) is 18.7. The molecule has 3 saturated heterocycles. The first-order valence-electron chi connectivity index (χ1n) is 11.0. The average molecular weight is 434 g/mol. The molecule has 1 N–H and O–H groups in total. The maximum absolute atomic E-state index is 12.9. The summed E-state index contributed by atoms with van der Waals surface area (Å²) in [5, 5.41) is 4.14. The van der Waals surface area contributed by atoms with E-state index >= 15 is 0 Å². The molecule has 5 nitrogen and oxygen atoms in total. The summed E-state index contributed by atoms with van der Waals surface area (Å²) in [5.41, 5.74) is 2.13. The topological polar surface area (TPSA) is 54.5 Å². The van der Waals surface area contributed by atoms with E-state index in [4.69, 9.17) is 4.74 Å². The Morgan fingerprint density at radius 1 is 1.13 bits per heavy atom. The van der Waals surface area contributed by atoms with Crippen LogP contribution in [0.1, 0.15) is 35.0 Å². The predicted molar refractivity (Wildman–Crippen MR) is 123 cm³/mol. The number of aromatic nitrogens is 1. The molecule has 0 unspecified atom stereocenters. The molecule has 3 aromatic rings. The van der Waals surface area contributed by atoms with Crippen molar-refractivity contribution in [3.63, 3.8) is 0 Å². The van der Waals surface area contributed by atoms with Gasteiger partial charge >= 0.3 is 0 Å². The summed E-state index contributed by atoms with van der Waals surface area (Å²) >= 11 is 1.44. The molecule has 2 atom stereocenters. The molecular formula is C25H27N3O2S. The molecule has 6 rings (SSSR count). The number of thiazole rings is 1. The number of carbonyl (C=O) groups is 1. The Morgan fingerprint density at radius 3 is 2.58 bits per heavy atom. The first kappa shape index (κ1) is 20.2. The molecule has 3 aliphatic heterocycles. The standard InChI is InChI=1S/C25H27N3O2S/c1-17-23(19-11-13-28(17)14-12-19)27-24(29)22-15-26-25(31-22)20-7-9-21(10-8-20)30-16-18-5-3-2-4-6-18/h2-10,15,17,19,23H,11-14,16H2,1H3,(H,27,29)/t17-,23+/m1/s1. The first-order valence-corrected chi connectivity index (χ1v) is 11.8. The molecule has 2 bridgehead atoms. The Hall–Kier alpha value is -2.70. The second-order valence-corrected chi connectivity index (χ2v) is 9.47. The van der Waals surface area contributed by atoms with Gasteiger partial charge in [-0.2, -0.15) is 0 Å². The Balaban J connectivity index is 1.21. The Bertz CT molecular complexity index is 1020. The van der Waals surface area contributed by atoms with Gasteiger partial charge in [-0.15, -0.1) is 11.3 Å². The molecule has 2 aromatic carbocycles. The zero-order chi connectivity index (χ0) is 21.2. The van der Waals surface area contributed by atoms with Crippen LogP contribution in [0.2, 0.25) is 0 Å². The van der Waals surface area contributed by atoms with Crippen LogP contribution in [0.5, 0.6) is 5.75 Å². The maximum Gasteiger partial charge on any atom is 0.263 e. The lowest BCUT2D eigenvalue weighted by atomic mass is 9.79. The van der Waals surface area contributed by atoms with Crippen molar-refractivity contribution in [2.75, 3.05) is 13.1 Å². The van der Waals surface area contributed by atoms with Crippen LogP contribution in [0.3, 0.4) is 0 Å². The highest BCUT2D eigenvalue weighted by Crippen LogP contribution is 2.33. The minimum atomic E-state index is -0.00263. The van der Waals surface area contributed by atoms with Gasteiger partial charge in [0.2, 0.25) is 0 Å². The van der Waals surface area contributed by atoms with Gasteiger partial charge in [0.25, 0.3) is 5.91 Å². The largest absolute Gasteiger partial charge is 0.489 e. The van der Waals surface area contributed by atoms with Crippen LogP contribution in [0, 0.1) is 5.92 Å². The second-order valence-electron chi connectivity index (χ2n) is 8.44. The van der Waals surface area contributed by atoms with E-state index in [0.717, 1.165) is 35.0 Å². The van der Waals surface area contributed by atoms with E-state index in [0.29, 0.717) is 23.4 Å². The number of piperidine rings is 3. The number of fused-ring (bicyclic) bond motifs is 3. The number of ether oxygens (including phenoxy) is 1. The molecule has 1 aromatic heterocycles. The molecule has 4 heterocycles. The van der Waals surface area contributed by atoms with Crippen molar-refractivity contribution in [3.05, 3.63) is 71.2 Å². The highest BCUT2D eigenvalue weighted by molar-refractivity contribution is 7.16. The van der Waals surface area contributed by atoms with Crippen molar-refractivity contribution in [2.24, 2.45) is 5.92 Å². The Labute approximate surface area is 187 Å². The Morgan fingerprint density at radius 2 is 1.87 bits per heavy atom. The first-order chi connectivity index (χ1) is 15.2. The minimum Gasteiger partial charge on any atom is -0.489 e. The van der Waals surface area contributed by atoms with E-state index < -0.39 is 0 Å². The van der Waals surface area contributed by atoms with E-state index in [1.807, 2.05) is 54.6 Å². The number of nitrogens with zero attached hydrogens (tertiary/aromatic N) is 2. The maximum atomic E-state index is 12.9. The van der Waals surface area contributed by atoms with Crippen molar-refractivity contribution in [1.29, 1.82) is 0 Å². The van der Waals surface area contributed by atoms with E-state index in [2.05, 4.69) is 22.1 Å². The number of amides is 1. The molecule has 6 heteroatoms. The number of carbonyl (C=O) groups excluding carboxylic acids is 1. The summed E-state index contributed by atoms with van der Waals surface area (Å²) in [5.74, 6) is 1.41. The average Bonchev–Trinajstić information content (AvgIpc) is 3.32. The molecule has 0 radical (unpaired) electrons. The SMILES string of the molecule is C[C@@H]1[C@H](NC(=O)c2cnc(-c3ccc(OCc4ccccc4)cc3)s2)C2CCN1CC2. The number of hydrogen-bond acceptors (Lipinski definition) is 5. The third-order valence-corrected chi connectivity index (χ3v) is 7.60. The summed E-state index contributed by atoms with van der Waals surface area (Å²) in [7, 11) is 0. The smallest absolute Gasteiger partial charge is 0.263 e. The van der Waals surface area contributed by atoms with Gasteiger partial charge in [-0.25, -0.2) is 4.98 Å². The molecule has 1 amide bonds. The van der Waals surface area contributed by atoms with Gasteiger partial charge in [0, 0.05) is 17.6 Å². The third kappa shape index (κ3) is 4.36. The quantitative estimate of drug-likeness (QED) is 0.617. The van der Waals surface area contributed by atoms with Crippen molar-refractivity contribution in [1.82, 2.24) is 15.2 Å².